The van der Waals surface area contributed by atoms with Gasteiger partial charge in [0.25, 0.3) is 5.91 Å². The second kappa shape index (κ2) is 7.47. The molecule has 0 aromatic carbocycles. The van der Waals surface area contributed by atoms with E-state index in [0.29, 0.717) is 18.8 Å². The minimum Gasteiger partial charge on any atom is -0.385 e. The molecule has 0 saturated carbocycles. The molecule has 0 spiro atoms. The van der Waals surface area contributed by atoms with Gasteiger partial charge in [0.1, 0.15) is 0 Å². The average Bonchev–Trinajstić information content (AvgIpc) is 2.80. The molecule has 108 valence electrons. The maximum absolute atomic E-state index is 12.1. The predicted molar refractivity (Wildman–Crippen MR) is 74.7 cm³/mol. The van der Waals surface area contributed by atoms with Gasteiger partial charge in [0.05, 0.1) is 0 Å². The molecule has 19 heavy (non-hydrogen) atoms. The number of hydrogen-bond donors (Lipinski definition) is 3. The highest BCUT2D eigenvalue weighted by molar-refractivity contribution is 5.94. The Labute approximate surface area is 119 Å². The van der Waals surface area contributed by atoms with E-state index in [-0.39, 0.29) is 24.4 Å². The standard InChI is InChI=1S/C12H20N4O2.ClH/c1-8(4-6-18-2)14-12(17)11-9-7-13-5-3-10(9)15-16-11;/h8,13H,3-7H2,1-2H3,(H,14,17)(H,15,16);1H. The van der Waals surface area contributed by atoms with Gasteiger partial charge in [0, 0.05) is 50.5 Å². The number of nitrogens with one attached hydrogen (secondary N) is 3. The fourth-order valence-electron chi connectivity index (χ4n) is 2.07. The molecule has 1 aromatic rings. The highest BCUT2D eigenvalue weighted by atomic mass is 35.5. The molecule has 0 saturated heterocycles. The molecule has 3 N–H and O–H groups in total. The van der Waals surface area contributed by atoms with Crippen LogP contribution in [0.3, 0.4) is 0 Å². The summed E-state index contributed by atoms with van der Waals surface area (Å²) >= 11 is 0. The first kappa shape index (κ1) is 15.9. The number of fused-ring (bicyclic) bond motifs is 1. The smallest absolute Gasteiger partial charge is 0.272 e. The molecule has 1 unspecified atom stereocenters. The number of carbonyl (C=O) groups excluding carboxylic acids is 1. The third kappa shape index (κ3) is 3.92. The number of ether oxygens (including phenoxy) is 1. The van der Waals surface area contributed by atoms with Crippen molar-refractivity contribution in [2.45, 2.75) is 32.4 Å². The third-order valence-electron chi connectivity index (χ3n) is 3.15. The van der Waals surface area contributed by atoms with Crippen molar-refractivity contribution < 1.29 is 9.53 Å². The molecule has 0 aliphatic carbocycles. The highest BCUT2D eigenvalue weighted by Crippen LogP contribution is 2.15. The van der Waals surface area contributed by atoms with Gasteiger partial charge in [-0.25, -0.2) is 0 Å². The Morgan fingerprint density at radius 3 is 3.11 bits per heavy atom. The summed E-state index contributed by atoms with van der Waals surface area (Å²) in [5.41, 5.74) is 2.59. The number of halogens is 1. The summed E-state index contributed by atoms with van der Waals surface area (Å²) < 4.78 is 4.99. The van der Waals surface area contributed by atoms with Crippen LogP contribution in [-0.4, -0.2) is 42.4 Å². The second-order valence-electron chi connectivity index (χ2n) is 4.61. The Balaban J connectivity index is 0.00000180. The molecule has 1 aliphatic rings. The molecule has 2 rings (SSSR count). The number of aromatic amines is 1. The van der Waals surface area contributed by atoms with Gasteiger partial charge in [-0.1, -0.05) is 0 Å². The van der Waals surface area contributed by atoms with E-state index in [0.717, 1.165) is 30.6 Å². The molecule has 0 fully saturated rings. The van der Waals surface area contributed by atoms with E-state index in [1.54, 1.807) is 7.11 Å². The van der Waals surface area contributed by atoms with Gasteiger partial charge < -0.3 is 15.4 Å². The summed E-state index contributed by atoms with van der Waals surface area (Å²) in [5, 5.41) is 13.3. The average molecular weight is 289 g/mol. The zero-order valence-electron chi connectivity index (χ0n) is 11.3. The Hall–Kier alpha value is -1.11. The van der Waals surface area contributed by atoms with E-state index in [4.69, 9.17) is 4.74 Å². The summed E-state index contributed by atoms with van der Waals surface area (Å²) in [5.74, 6) is -0.111. The normalized spacial score (nSPS) is 15.3. The van der Waals surface area contributed by atoms with Crippen molar-refractivity contribution in [1.29, 1.82) is 0 Å². The first-order chi connectivity index (χ1) is 8.72. The van der Waals surface area contributed by atoms with Crippen molar-refractivity contribution in [2.24, 2.45) is 0 Å². The van der Waals surface area contributed by atoms with Gasteiger partial charge in [-0.05, 0) is 13.3 Å². The number of carbonyl (C=O) groups is 1. The molecule has 0 radical (unpaired) electrons. The summed E-state index contributed by atoms with van der Waals surface area (Å²) in [6.07, 6.45) is 1.70. The molecular formula is C12H21ClN4O2. The lowest BCUT2D eigenvalue weighted by Crippen LogP contribution is -2.35. The monoisotopic (exact) mass is 288 g/mol. The largest absolute Gasteiger partial charge is 0.385 e. The molecule has 1 atom stereocenters. The number of hydrogen-bond acceptors (Lipinski definition) is 4. The van der Waals surface area contributed by atoms with E-state index >= 15 is 0 Å². The van der Waals surface area contributed by atoms with Crippen LogP contribution in [-0.2, 0) is 17.7 Å². The van der Waals surface area contributed by atoms with Gasteiger partial charge in [-0.3, -0.25) is 9.89 Å². The third-order valence-corrected chi connectivity index (χ3v) is 3.15. The fourth-order valence-corrected chi connectivity index (χ4v) is 2.07. The van der Waals surface area contributed by atoms with Gasteiger partial charge in [-0.15, -0.1) is 12.4 Å². The Kier molecular flexibility index (Phi) is 6.27. The van der Waals surface area contributed by atoms with Gasteiger partial charge in [0.15, 0.2) is 5.69 Å². The molecule has 6 nitrogen and oxygen atoms in total. The molecule has 1 amide bonds. The fraction of sp³-hybridized carbons (Fsp3) is 0.667. The minimum atomic E-state index is -0.111. The molecule has 1 aromatic heterocycles. The quantitative estimate of drug-likeness (QED) is 0.743. The zero-order chi connectivity index (χ0) is 13.0. The van der Waals surface area contributed by atoms with Crippen LogP contribution in [0.25, 0.3) is 0 Å². The second-order valence-corrected chi connectivity index (χ2v) is 4.61. The number of methoxy groups -OCH3 is 1. The summed E-state index contributed by atoms with van der Waals surface area (Å²) in [7, 11) is 1.66. The van der Waals surface area contributed by atoms with E-state index in [2.05, 4.69) is 20.8 Å². The number of amides is 1. The maximum Gasteiger partial charge on any atom is 0.272 e. The maximum atomic E-state index is 12.1. The van der Waals surface area contributed by atoms with Crippen LogP contribution in [0.15, 0.2) is 0 Å². The topological polar surface area (TPSA) is 79.0 Å². The predicted octanol–water partition coefficient (Wildman–Crippen LogP) is 0.632. The Bertz CT molecular complexity index is 422. The lowest BCUT2D eigenvalue weighted by molar-refractivity contribution is 0.0923. The van der Waals surface area contributed by atoms with Crippen LogP contribution in [0.4, 0.5) is 0 Å². The summed E-state index contributed by atoms with van der Waals surface area (Å²) in [6.45, 7) is 4.25. The van der Waals surface area contributed by atoms with Crippen LogP contribution in [0.5, 0.6) is 0 Å². The first-order valence-corrected chi connectivity index (χ1v) is 6.29. The lowest BCUT2D eigenvalue weighted by Gasteiger charge is -2.15. The van der Waals surface area contributed by atoms with E-state index < -0.39 is 0 Å². The zero-order valence-corrected chi connectivity index (χ0v) is 12.1. The highest BCUT2D eigenvalue weighted by Gasteiger charge is 2.22. The molecule has 0 bridgehead atoms. The molecule has 7 heteroatoms. The van der Waals surface area contributed by atoms with Gasteiger partial charge >= 0.3 is 0 Å². The van der Waals surface area contributed by atoms with Crippen LogP contribution in [0.1, 0.15) is 35.1 Å². The van der Waals surface area contributed by atoms with Crippen molar-refractivity contribution >= 4 is 18.3 Å². The van der Waals surface area contributed by atoms with Gasteiger partial charge in [-0.2, -0.15) is 5.10 Å². The van der Waals surface area contributed by atoms with Crippen molar-refractivity contribution in [3.63, 3.8) is 0 Å². The molecule has 2 heterocycles. The number of aromatic nitrogens is 2. The lowest BCUT2D eigenvalue weighted by atomic mass is 10.1. The van der Waals surface area contributed by atoms with Crippen molar-refractivity contribution in [3.05, 3.63) is 17.0 Å². The minimum absolute atomic E-state index is 0. The SMILES string of the molecule is COCCC(C)NC(=O)c1n[nH]c2c1CNCC2.Cl. The van der Waals surface area contributed by atoms with Crippen LogP contribution in [0, 0.1) is 0 Å². The summed E-state index contributed by atoms with van der Waals surface area (Å²) in [6, 6.07) is 0.0846. The van der Waals surface area contributed by atoms with Crippen molar-refractivity contribution in [1.82, 2.24) is 20.8 Å². The van der Waals surface area contributed by atoms with E-state index in [9.17, 15) is 4.79 Å². The van der Waals surface area contributed by atoms with Crippen molar-refractivity contribution in [3.8, 4) is 0 Å². The number of nitrogens with zero attached hydrogens (tertiary/aromatic N) is 1. The summed E-state index contributed by atoms with van der Waals surface area (Å²) in [4.78, 5) is 12.1. The Morgan fingerprint density at radius 2 is 2.37 bits per heavy atom. The van der Waals surface area contributed by atoms with E-state index in [1.807, 2.05) is 6.92 Å². The van der Waals surface area contributed by atoms with Crippen molar-refractivity contribution in [2.75, 3.05) is 20.3 Å². The number of rotatable bonds is 5. The molecular weight excluding hydrogens is 268 g/mol. The van der Waals surface area contributed by atoms with Crippen LogP contribution < -0.4 is 10.6 Å². The Morgan fingerprint density at radius 1 is 1.58 bits per heavy atom. The van der Waals surface area contributed by atoms with Gasteiger partial charge in [0.2, 0.25) is 0 Å². The first-order valence-electron chi connectivity index (χ1n) is 6.29. The van der Waals surface area contributed by atoms with Crippen LogP contribution in [0.2, 0.25) is 0 Å². The van der Waals surface area contributed by atoms with Crippen LogP contribution >= 0.6 is 12.4 Å². The number of H-pyrrole nitrogens is 1. The molecule has 1 aliphatic heterocycles. The van der Waals surface area contributed by atoms with E-state index in [1.165, 1.54) is 0 Å².